The molecule has 0 spiro atoms. The second-order valence-corrected chi connectivity index (χ2v) is 5.87. The predicted molar refractivity (Wildman–Crippen MR) is 105 cm³/mol. The molecule has 0 atom stereocenters. The number of allylic oxidation sites excluding steroid dienone is 2. The van der Waals surface area contributed by atoms with E-state index < -0.39 is 0 Å². The van der Waals surface area contributed by atoms with Crippen molar-refractivity contribution in [1.29, 1.82) is 0 Å². The summed E-state index contributed by atoms with van der Waals surface area (Å²) in [5.41, 5.74) is 9.13. The van der Waals surface area contributed by atoms with Crippen LogP contribution in [0, 0.1) is 0 Å². The first-order valence-electron chi connectivity index (χ1n) is 8.52. The summed E-state index contributed by atoms with van der Waals surface area (Å²) in [6, 6.07) is 8.11. The highest BCUT2D eigenvalue weighted by molar-refractivity contribution is 5.94. The summed E-state index contributed by atoms with van der Waals surface area (Å²) < 4.78 is 10.5. The van der Waals surface area contributed by atoms with E-state index in [0.29, 0.717) is 24.2 Å². The molecule has 1 aliphatic rings. The maximum Gasteiger partial charge on any atom is 0.317 e. The molecule has 3 rings (SSSR count). The molecule has 0 amide bonds. The molecule has 3 heterocycles. The number of pyridine rings is 2. The Morgan fingerprint density at radius 1 is 0.929 bits per heavy atom. The molecule has 0 aromatic carbocycles. The van der Waals surface area contributed by atoms with E-state index in [2.05, 4.69) is 49.5 Å². The fourth-order valence-electron chi connectivity index (χ4n) is 2.26. The largest absolute Gasteiger partial charge is 0.426 e. The molecule has 0 unspecified atom stereocenters. The van der Waals surface area contributed by atoms with Gasteiger partial charge in [0.25, 0.3) is 0 Å². The Bertz CT molecular complexity index is 795. The first kappa shape index (κ1) is 18.9. The van der Waals surface area contributed by atoms with E-state index in [9.17, 15) is 0 Å². The summed E-state index contributed by atoms with van der Waals surface area (Å²) in [6.07, 6.45) is 8.19. The minimum absolute atomic E-state index is 0.0157. The first-order chi connectivity index (χ1) is 13.7. The molecule has 2 aromatic heterocycles. The summed E-state index contributed by atoms with van der Waals surface area (Å²) in [4.78, 5) is 8.13. The van der Waals surface area contributed by atoms with Gasteiger partial charge < -0.3 is 9.47 Å². The number of nitrogens with zero attached hydrogens (tertiary/aromatic N) is 4. The van der Waals surface area contributed by atoms with E-state index in [0.717, 1.165) is 11.1 Å². The van der Waals surface area contributed by atoms with Crippen LogP contribution in [0.5, 0.6) is 0 Å². The minimum atomic E-state index is -0.0157. The topological polar surface area (TPSA) is 105 Å². The summed E-state index contributed by atoms with van der Waals surface area (Å²) >= 11 is 0. The van der Waals surface area contributed by atoms with Crippen LogP contribution in [0.3, 0.4) is 0 Å². The van der Waals surface area contributed by atoms with Crippen LogP contribution >= 0.6 is 0 Å². The molecule has 0 aliphatic carbocycles. The summed E-state index contributed by atoms with van der Waals surface area (Å²) in [7, 11) is 0. The lowest BCUT2D eigenvalue weighted by molar-refractivity contribution is 0.0708. The standard InChI is InChI=1S/C19H21N7O2/c1-14(9-16-5-3-7-20-11-16)23-25-18-22-19(28-13-27-18)26-24-15(2)10-17-6-4-8-21-12-17/h3-8,11-12,23-24H,1-2,9-10,13H2,(H,22,25,26). The Kier molecular flexibility index (Phi) is 6.56. The van der Waals surface area contributed by atoms with Crippen molar-refractivity contribution >= 4 is 12.0 Å². The van der Waals surface area contributed by atoms with Gasteiger partial charge in [-0.25, -0.2) is 0 Å². The molecule has 1 saturated heterocycles. The average molecular weight is 379 g/mol. The molecule has 1 aliphatic heterocycles. The fraction of sp³-hybridized carbons (Fsp3) is 0.158. The zero-order valence-electron chi connectivity index (χ0n) is 15.3. The van der Waals surface area contributed by atoms with Gasteiger partial charge in [-0.15, -0.1) is 10.2 Å². The van der Waals surface area contributed by atoms with Gasteiger partial charge in [0.15, 0.2) is 0 Å². The minimum Gasteiger partial charge on any atom is -0.426 e. The lowest BCUT2D eigenvalue weighted by atomic mass is 10.2. The second kappa shape index (κ2) is 9.72. The van der Waals surface area contributed by atoms with Crippen LogP contribution in [0.15, 0.2) is 83.8 Å². The Morgan fingerprint density at radius 3 is 1.86 bits per heavy atom. The maximum atomic E-state index is 5.27. The van der Waals surface area contributed by atoms with Gasteiger partial charge in [-0.2, -0.15) is 0 Å². The van der Waals surface area contributed by atoms with Crippen molar-refractivity contribution in [3.63, 3.8) is 0 Å². The van der Waals surface area contributed by atoms with E-state index in [1.165, 1.54) is 0 Å². The van der Waals surface area contributed by atoms with Gasteiger partial charge in [0.1, 0.15) is 0 Å². The van der Waals surface area contributed by atoms with Crippen LogP contribution in [0.1, 0.15) is 11.1 Å². The average Bonchev–Trinajstić information content (AvgIpc) is 2.73. The monoisotopic (exact) mass is 379 g/mol. The van der Waals surface area contributed by atoms with Crippen molar-refractivity contribution in [2.24, 2.45) is 10.2 Å². The van der Waals surface area contributed by atoms with Gasteiger partial charge in [-0.1, -0.05) is 25.3 Å². The second-order valence-electron chi connectivity index (χ2n) is 5.87. The Morgan fingerprint density at radius 2 is 1.43 bits per heavy atom. The molecule has 0 saturated carbocycles. The maximum absolute atomic E-state index is 5.27. The van der Waals surface area contributed by atoms with Gasteiger partial charge in [-0.3, -0.25) is 26.1 Å². The fourth-order valence-corrected chi connectivity index (χ4v) is 2.26. The highest BCUT2D eigenvalue weighted by atomic mass is 16.7. The van der Waals surface area contributed by atoms with Crippen molar-refractivity contribution in [2.45, 2.75) is 12.8 Å². The molecule has 9 heteroatoms. The third-order valence-corrected chi connectivity index (χ3v) is 3.52. The lowest BCUT2D eigenvalue weighted by Crippen LogP contribution is -2.42. The van der Waals surface area contributed by atoms with E-state index in [4.69, 9.17) is 9.47 Å². The van der Waals surface area contributed by atoms with Crippen LogP contribution in [0.2, 0.25) is 0 Å². The van der Waals surface area contributed by atoms with Crippen molar-refractivity contribution in [3.8, 4) is 0 Å². The number of amidine groups is 2. The third kappa shape index (κ3) is 6.13. The highest BCUT2D eigenvalue weighted by Gasteiger charge is 2.14. The van der Waals surface area contributed by atoms with Crippen molar-refractivity contribution in [3.05, 3.63) is 84.7 Å². The number of nitrogens with one attached hydrogen (secondary N) is 3. The molecular weight excluding hydrogens is 358 g/mol. The van der Waals surface area contributed by atoms with Crippen molar-refractivity contribution in [1.82, 2.24) is 26.1 Å². The lowest BCUT2D eigenvalue weighted by Gasteiger charge is -2.19. The van der Waals surface area contributed by atoms with E-state index >= 15 is 0 Å². The quantitative estimate of drug-likeness (QED) is 0.599. The summed E-state index contributed by atoms with van der Waals surface area (Å²) in [5.74, 6) is 0. The number of hydrogen-bond acceptors (Lipinski definition) is 8. The van der Waals surface area contributed by atoms with Crippen LogP contribution in [-0.4, -0.2) is 28.8 Å². The number of hydrazone groups is 2. The molecule has 3 N–H and O–H groups in total. The van der Waals surface area contributed by atoms with Crippen LogP contribution in [0.4, 0.5) is 0 Å². The molecule has 144 valence electrons. The molecule has 28 heavy (non-hydrogen) atoms. The third-order valence-electron chi connectivity index (χ3n) is 3.52. The molecular formula is C19H21N7O2. The Balaban J connectivity index is 1.47. The molecule has 2 aromatic rings. The number of hydrogen-bond donors (Lipinski definition) is 3. The Labute approximate surface area is 162 Å². The van der Waals surface area contributed by atoms with E-state index in [1.807, 2.05) is 24.3 Å². The van der Waals surface area contributed by atoms with E-state index in [-0.39, 0.29) is 18.8 Å². The van der Waals surface area contributed by atoms with Gasteiger partial charge >= 0.3 is 12.0 Å². The van der Waals surface area contributed by atoms with Crippen molar-refractivity contribution in [2.75, 3.05) is 6.79 Å². The Hall–Kier alpha value is -3.88. The number of aromatic nitrogens is 2. The smallest absolute Gasteiger partial charge is 0.317 e. The van der Waals surface area contributed by atoms with Crippen LogP contribution in [0.25, 0.3) is 0 Å². The number of rotatable bonds is 8. The number of ether oxygens (including phenoxy) is 2. The van der Waals surface area contributed by atoms with Crippen LogP contribution < -0.4 is 16.2 Å². The zero-order chi connectivity index (χ0) is 19.6. The predicted octanol–water partition coefficient (Wildman–Crippen LogP) is 1.60. The highest BCUT2D eigenvalue weighted by Crippen LogP contribution is 2.04. The summed E-state index contributed by atoms with van der Waals surface area (Å²) in [6.45, 7) is 7.85. The van der Waals surface area contributed by atoms with Gasteiger partial charge in [0.05, 0.1) is 0 Å². The molecule has 0 radical (unpaired) electrons. The van der Waals surface area contributed by atoms with Gasteiger partial charge in [0, 0.05) is 49.0 Å². The molecule has 1 fully saturated rings. The van der Waals surface area contributed by atoms with E-state index in [1.54, 1.807) is 24.8 Å². The first-order valence-corrected chi connectivity index (χ1v) is 8.52. The van der Waals surface area contributed by atoms with Crippen LogP contribution in [-0.2, 0) is 22.3 Å². The van der Waals surface area contributed by atoms with Gasteiger partial charge in [-0.05, 0) is 23.3 Å². The molecule has 9 nitrogen and oxygen atoms in total. The zero-order valence-corrected chi connectivity index (χ0v) is 15.3. The van der Waals surface area contributed by atoms with Gasteiger partial charge in [0.2, 0.25) is 6.79 Å². The molecule has 0 bridgehead atoms. The van der Waals surface area contributed by atoms with Crippen molar-refractivity contribution < 1.29 is 9.47 Å². The normalized spacial score (nSPS) is 15.9. The summed E-state index contributed by atoms with van der Waals surface area (Å²) in [5, 5.41) is 11.1. The SMILES string of the molecule is C=C(Cc1cccnc1)N/N=C1/N/C(=N/NC(=C)Cc2cccnc2)OCO1.